The Morgan fingerprint density at radius 3 is 2.62 bits per heavy atom. The van der Waals surface area contributed by atoms with Gasteiger partial charge in [-0.2, -0.15) is 0 Å². The number of hydrogen-bond donors (Lipinski definition) is 1. The van der Waals surface area contributed by atoms with E-state index in [-0.39, 0.29) is 16.7 Å². The van der Waals surface area contributed by atoms with Crippen molar-refractivity contribution in [3.63, 3.8) is 0 Å². The second-order valence-corrected chi connectivity index (χ2v) is 16.0. The van der Waals surface area contributed by atoms with Crippen LogP contribution in [-0.4, -0.2) is 82.1 Å². The fourth-order valence-electron chi connectivity index (χ4n) is 6.75. The van der Waals surface area contributed by atoms with Gasteiger partial charge in [-0.25, -0.2) is 17.9 Å². The molecular formula is C36H49ClN4O6S. The normalized spacial score (nSPS) is 25.1. The van der Waals surface area contributed by atoms with Crippen LogP contribution >= 0.6 is 11.6 Å². The van der Waals surface area contributed by atoms with Gasteiger partial charge in [0, 0.05) is 44.7 Å². The van der Waals surface area contributed by atoms with Crippen LogP contribution in [0, 0.1) is 11.8 Å². The van der Waals surface area contributed by atoms with E-state index in [9.17, 15) is 18.0 Å². The van der Waals surface area contributed by atoms with Gasteiger partial charge in [-0.05, 0) is 112 Å². The molecule has 1 fully saturated rings. The van der Waals surface area contributed by atoms with Gasteiger partial charge in [-0.1, -0.05) is 30.7 Å². The fourth-order valence-corrected chi connectivity index (χ4v) is 8.07. The van der Waals surface area contributed by atoms with Gasteiger partial charge >= 0.3 is 6.09 Å². The predicted molar refractivity (Wildman–Crippen MR) is 188 cm³/mol. The number of hydrogen-bond acceptors (Lipinski definition) is 8. The van der Waals surface area contributed by atoms with Gasteiger partial charge in [-0.15, -0.1) is 0 Å². The molecule has 10 nitrogen and oxygen atoms in total. The van der Waals surface area contributed by atoms with Crippen molar-refractivity contribution in [3.8, 4) is 5.75 Å². The first kappa shape index (κ1) is 36.0. The van der Waals surface area contributed by atoms with Gasteiger partial charge in [0.05, 0.1) is 16.1 Å². The zero-order chi connectivity index (χ0) is 34.6. The van der Waals surface area contributed by atoms with Crippen molar-refractivity contribution in [1.29, 1.82) is 0 Å². The third-order valence-corrected chi connectivity index (χ3v) is 11.5. The number of amides is 2. The minimum absolute atomic E-state index is 0.00182. The molecule has 1 N–H and O–H groups in total. The zero-order valence-electron chi connectivity index (χ0n) is 28.7. The first-order chi connectivity index (χ1) is 22.8. The number of anilines is 1. The quantitative estimate of drug-likeness (QED) is 0.388. The molecule has 1 aliphatic carbocycles. The van der Waals surface area contributed by atoms with E-state index in [0.29, 0.717) is 49.2 Å². The van der Waals surface area contributed by atoms with Gasteiger partial charge in [0.2, 0.25) is 0 Å². The molecule has 0 unspecified atom stereocenters. The molecular weight excluding hydrogens is 652 g/mol. The lowest BCUT2D eigenvalue weighted by atomic mass is 9.70. The van der Waals surface area contributed by atoms with Crippen molar-refractivity contribution in [2.45, 2.75) is 82.4 Å². The smallest absolute Gasteiger partial charge is 0.409 e. The SMILES string of the molecule is CCCN1C/C=C/[C@H](OC(=O)N(C)C)[C@@H]2CC[C@H]2CN2CCCCc3cc(Cl)ccc3COc3ccc(cc32)S(=O)(=O)NC(=O)C1(C)C. The fraction of sp³-hybridized carbons (Fsp3) is 0.556. The van der Waals surface area contributed by atoms with Crippen LogP contribution in [0.15, 0.2) is 53.4 Å². The Morgan fingerprint density at radius 2 is 1.92 bits per heavy atom. The first-order valence-electron chi connectivity index (χ1n) is 17.0. The van der Waals surface area contributed by atoms with Gasteiger partial charge < -0.3 is 19.3 Å². The second kappa shape index (κ2) is 15.1. The summed E-state index contributed by atoms with van der Waals surface area (Å²) in [5.74, 6) is 0.213. The van der Waals surface area contributed by atoms with Crippen LogP contribution in [-0.2, 0) is 32.6 Å². The summed E-state index contributed by atoms with van der Waals surface area (Å²) in [5.41, 5.74) is 1.68. The highest BCUT2D eigenvalue weighted by Gasteiger charge is 2.41. The minimum atomic E-state index is -4.21. The average Bonchev–Trinajstić information content (AvgIpc) is 3.04. The molecule has 2 bridgehead atoms. The Kier molecular flexibility index (Phi) is 11.3. The maximum absolute atomic E-state index is 13.8. The summed E-state index contributed by atoms with van der Waals surface area (Å²) in [7, 11) is -0.864. The Balaban J connectivity index is 1.59. The lowest BCUT2D eigenvalue weighted by Crippen LogP contribution is -2.56. The summed E-state index contributed by atoms with van der Waals surface area (Å²) in [6, 6.07) is 10.7. The van der Waals surface area contributed by atoms with Crippen LogP contribution in [0.2, 0.25) is 5.02 Å². The third-order valence-electron chi connectivity index (χ3n) is 9.93. The highest BCUT2D eigenvalue weighted by molar-refractivity contribution is 7.90. The number of sulfonamides is 1. The van der Waals surface area contributed by atoms with E-state index in [1.165, 1.54) is 11.0 Å². The van der Waals surface area contributed by atoms with Crippen molar-refractivity contribution in [3.05, 3.63) is 64.7 Å². The monoisotopic (exact) mass is 700 g/mol. The molecule has 262 valence electrons. The highest BCUT2D eigenvalue weighted by atomic mass is 35.5. The van der Waals surface area contributed by atoms with Crippen molar-refractivity contribution in [2.75, 3.05) is 45.2 Å². The summed E-state index contributed by atoms with van der Waals surface area (Å²) >= 11 is 6.34. The van der Waals surface area contributed by atoms with Crippen molar-refractivity contribution in [2.24, 2.45) is 11.8 Å². The summed E-state index contributed by atoms with van der Waals surface area (Å²) < 4.78 is 42.5. The van der Waals surface area contributed by atoms with Gasteiger partial charge in [0.15, 0.2) is 0 Å². The molecule has 48 heavy (non-hydrogen) atoms. The molecule has 2 aromatic rings. The number of halogens is 1. The molecule has 0 aromatic heterocycles. The predicted octanol–water partition coefficient (Wildman–Crippen LogP) is 6.02. The van der Waals surface area contributed by atoms with Crippen LogP contribution in [0.25, 0.3) is 0 Å². The first-order valence-corrected chi connectivity index (χ1v) is 18.8. The molecule has 2 heterocycles. The maximum Gasteiger partial charge on any atom is 0.409 e. The molecule has 2 aromatic carbocycles. The van der Waals surface area contributed by atoms with Gasteiger partial charge in [-0.3, -0.25) is 9.69 Å². The van der Waals surface area contributed by atoms with E-state index < -0.39 is 33.7 Å². The number of fused-ring (bicyclic) bond motifs is 3. The largest absolute Gasteiger partial charge is 0.487 e. The van der Waals surface area contributed by atoms with E-state index in [0.717, 1.165) is 49.7 Å². The molecule has 0 radical (unpaired) electrons. The zero-order valence-corrected chi connectivity index (χ0v) is 30.3. The summed E-state index contributed by atoms with van der Waals surface area (Å²) in [6.07, 6.45) is 8.27. The maximum atomic E-state index is 13.8. The van der Waals surface area contributed by atoms with Gasteiger partial charge in [0.25, 0.3) is 15.9 Å². The lowest BCUT2D eigenvalue weighted by Gasteiger charge is -2.44. The van der Waals surface area contributed by atoms with Crippen LogP contribution in [0.3, 0.4) is 0 Å². The molecule has 0 spiro atoms. The Morgan fingerprint density at radius 1 is 1.12 bits per heavy atom. The number of rotatable bonds is 3. The van der Waals surface area contributed by atoms with Crippen LogP contribution in [0.5, 0.6) is 5.75 Å². The van der Waals surface area contributed by atoms with Crippen molar-refractivity contribution < 1.29 is 27.5 Å². The number of nitrogens with zero attached hydrogens (tertiary/aromatic N) is 3. The number of aryl methyl sites for hydroxylation is 1. The minimum Gasteiger partial charge on any atom is -0.487 e. The van der Waals surface area contributed by atoms with Crippen LogP contribution < -0.4 is 14.4 Å². The molecule has 5 rings (SSSR count). The van der Waals surface area contributed by atoms with Crippen LogP contribution in [0.4, 0.5) is 10.5 Å². The molecule has 2 aliphatic heterocycles. The topological polar surface area (TPSA) is 108 Å². The van der Waals surface area contributed by atoms with E-state index in [4.69, 9.17) is 21.1 Å². The van der Waals surface area contributed by atoms with Crippen molar-refractivity contribution in [1.82, 2.24) is 14.5 Å². The van der Waals surface area contributed by atoms with E-state index in [1.54, 1.807) is 40.1 Å². The van der Waals surface area contributed by atoms with Gasteiger partial charge in [0.1, 0.15) is 18.5 Å². The molecule has 0 saturated heterocycles. The third kappa shape index (κ3) is 8.12. The van der Waals surface area contributed by atoms with E-state index in [1.807, 2.05) is 42.2 Å². The van der Waals surface area contributed by atoms with Crippen molar-refractivity contribution >= 4 is 39.3 Å². The number of nitrogens with one attached hydrogen (secondary N) is 1. The molecule has 2 amide bonds. The Bertz CT molecular complexity index is 1630. The standard InChI is InChI=1S/C36H49ClN4O6S/c1-6-18-41-20-9-11-32(47-35(43)39(4)5)30-16-13-26(30)23-40-19-8-7-10-25-21-28(37)14-12-27(25)24-46-33-17-15-29(22-31(33)40)48(44,45)38-34(42)36(41,2)3/h9,11-12,14-15,17,21-22,26,30,32H,6-8,10,13,16,18-20,23-24H2,1-5H3,(H,38,42)/b11-9+/t26-,30+,32-/m0/s1. The highest BCUT2D eigenvalue weighted by Crippen LogP contribution is 2.42. The number of carbonyl (C=O) groups is 2. The second-order valence-electron chi connectivity index (χ2n) is 13.8. The Labute approximate surface area is 290 Å². The van der Waals surface area contributed by atoms with E-state index >= 15 is 0 Å². The summed E-state index contributed by atoms with van der Waals surface area (Å²) in [4.78, 5) is 32.1. The summed E-state index contributed by atoms with van der Waals surface area (Å²) in [6.45, 7) is 8.03. The molecule has 3 atom stereocenters. The Hall–Kier alpha value is -3.28. The molecule has 1 saturated carbocycles. The lowest BCUT2D eigenvalue weighted by molar-refractivity contribution is -0.129. The van der Waals surface area contributed by atoms with E-state index in [2.05, 4.69) is 9.62 Å². The number of benzene rings is 2. The number of carbonyl (C=O) groups excluding carboxylic acids is 2. The molecule has 3 aliphatic rings. The number of ether oxygens (including phenoxy) is 2. The average molecular weight is 701 g/mol. The van der Waals surface area contributed by atoms with Crippen LogP contribution in [0.1, 0.15) is 64.0 Å². The summed E-state index contributed by atoms with van der Waals surface area (Å²) in [5, 5.41) is 0.682. The molecule has 12 heteroatoms.